The summed E-state index contributed by atoms with van der Waals surface area (Å²) >= 11 is 2.08. The third-order valence-corrected chi connectivity index (χ3v) is 5.38. The number of guanidine groups is 1. The van der Waals surface area contributed by atoms with E-state index >= 15 is 0 Å². The summed E-state index contributed by atoms with van der Waals surface area (Å²) in [5.41, 5.74) is 1.41. The SMILES string of the molecule is CN=C(NCCC(C)c1ccccc1)NCC1CCCS1. The summed E-state index contributed by atoms with van der Waals surface area (Å²) in [7, 11) is 1.84. The van der Waals surface area contributed by atoms with Crippen molar-refractivity contribution in [2.75, 3.05) is 25.9 Å². The zero-order chi connectivity index (χ0) is 14.9. The maximum Gasteiger partial charge on any atom is 0.191 e. The summed E-state index contributed by atoms with van der Waals surface area (Å²) in [6.07, 6.45) is 3.81. The normalized spacial score (nSPS) is 20.3. The Labute approximate surface area is 133 Å². The lowest BCUT2D eigenvalue weighted by Gasteiger charge is -2.16. The molecule has 1 aromatic rings. The van der Waals surface area contributed by atoms with Gasteiger partial charge in [0, 0.05) is 25.4 Å². The largest absolute Gasteiger partial charge is 0.356 e. The molecule has 1 aromatic carbocycles. The van der Waals surface area contributed by atoms with Gasteiger partial charge in [-0.15, -0.1) is 0 Å². The molecule has 0 amide bonds. The number of nitrogens with one attached hydrogen (secondary N) is 2. The maximum atomic E-state index is 4.30. The Balaban J connectivity index is 1.66. The highest BCUT2D eigenvalue weighted by molar-refractivity contribution is 8.00. The van der Waals surface area contributed by atoms with Crippen LogP contribution in [0.25, 0.3) is 0 Å². The van der Waals surface area contributed by atoms with Crippen molar-refractivity contribution in [2.24, 2.45) is 4.99 Å². The molecule has 0 radical (unpaired) electrons. The fourth-order valence-corrected chi connectivity index (χ4v) is 3.79. The number of hydrogen-bond acceptors (Lipinski definition) is 2. The van der Waals surface area contributed by atoms with E-state index in [1.807, 2.05) is 7.05 Å². The van der Waals surface area contributed by atoms with Crippen LogP contribution in [0.5, 0.6) is 0 Å². The predicted octanol–water partition coefficient (Wildman–Crippen LogP) is 3.24. The topological polar surface area (TPSA) is 36.4 Å². The molecule has 1 heterocycles. The molecule has 0 aromatic heterocycles. The number of thioether (sulfide) groups is 1. The Morgan fingerprint density at radius 3 is 2.81 bits per heavy atom. The number of nitrogens with zero attached hydrogens (tertiary/aromatic N) is 1. The van der Waals surface area contributed by atoms with Crippen LogP contribution in [-0.4, -0.2) is 37.1 Å². The first-order chi connectivity index (χ1) is 10.3. The van der Waals surface area contributed by atoms with Crippen molar-refractivity contribution in [2.45, 2.75) is 37.4 Å². The van der Waals surface area contributed by atoms with Gasteiger partial charge in [0.2, 0.25) is 0 Å². The Morgan fingerprint density at radius 1 is 1.33 bits per heavy atom. The van der Waals surface area contributed by atoms with E-state index in [4.69, 9.17) is 0 Å². The predicted molar refractivity (Wildman–Crippen MR) is 94.3 cm³/mol. The Bertz CT molecular complexity index is 427. The monoisotopic (exact) mass is 305 g/mol. The van der Waals surface area contributed by atoms with Gasteiger partial charge in [-0.25, -0.2) is 0 Å². The first-order valence-electron chi connectivity index (χ1n) is 7.90. The smallest absolute Gasteiger partial charge is 0.191 e. The highest BCUT2D eigenvalue weighted by Crippen LogP contribution is 2.25. The highest BCUT2D eigenvalue weighted by atomic mass is 32.2. The van der Waals surface area contributed by atoms with Crippen molar-refractivity contribution in [1.82, 2.24) is 10.6 Å². The molecule has 1 fully saturated rings. The van der Waals surface area contributed by atoms with Gasteiger partial charge in [-0.3, -0.25) is 4.99 Å². The molecule has 0 aliphatic carbocycles. The second kappa shape index (κ2) is 8.98. The number of rotatable bonds is 6. The van der Waals surface area contributed by atoms with Crippen molar-refractivity contribution in [1.29, 1.82) is 0 Å². The lowest BCUT2D eigenvalue weighted by Crippen LogP contribution is -2.40. The van der Waals surface area contributed by atoms with Crippen molar-refractivity contribution >= 4 is 17.7 Å². The van der Waals surface area contributed by atoms with E-state index in [0.29, 0.717) is 5.92 Å². The van der Waals surface area contributed by atoms with Gasteiger partial charge < -0.3 is 10.6 Å². The second-order valence-corrected chi connectivity index (χ2v) is 7.02. The Hall–Kier alpha value is -1.16. The molecule has 2 atom stereocenters. The minimum atomic E-state index is 0.571. The van der Waals surface area contributed by atoms with Crippen molar-refractivity contribution < 1.29 is 0 Å². The summed E-state index contributed by atoms with van der Waals surface area (Å²) in [6, 6.07) is 10.7. The molecule has 2 N–H and O–H groups in total. The molecule has 21 heavy (non-hydrogen) atoms. The Morgan fingerprint density at radius 2 is 2.14 bits per heavy atom. The van der Waals surface area contributed by atoms with Crippen molar-refractivity contribution in [3.8, 4) is 0 Å². The molecule has 1 saturated heterocycles. The molecule has 4 heteroatoms. The maximum absolute atomic E-state index is 4.30. The number of benzene rings is 1. The van der Waals surface area contributed by atoms with E-state index in [2.05, 4.69) is 64.6 Å². The lowest BCUT2D eigenvalue weighted by molar-refractivity contribution is 0.648. The number of hydrogen-bond donors (Lipinski definition) is 2. The van der Waals surface area contributed by atoms with E-state index in [1.54, 1.807) is 0 Å². The summed E-state index contributed by atoms with van der Waals surface area (Å²) in [4.78, 5) is 4.30. The Kier molecular flexibility index (Phi) is 6.93. The van der Waals surface area contributed by atoms with Gasteiger partial charge in [0.15, 0.2) is 5.96 Å². The van der Waals surface area contributed by atoms with Crippen LogP contribution < -0.4 is 10.6 Å². The van der Waals surface area contributed by atoms with Crippen LogP contribution in [0.2, 0.25) is 0 Å². The van der Waals surface area contributed by atoms with Crippen molar-refractivity contribution in [3.63, 3.8) is 0 Å². The standard InChI is InChI=1S/C17H27N3S/c1-14(15-7-4-3-5-8-15)10-11-19-17(18-2)20-13-16-9-6-12-21-16/h3-5,7-8,14,16H,6,9-13H2,1-2H3,(H2,18,19,20). The number of aliphatic imine (C=N–C) groups is 1. The zero-order valence-corrected chi connectivity index (χ0v) is 14.0. The van der Waals surface area contributed by atoms with E-state index in [-0.39, 0.29) is 0 Å². The molecule has 0 saturated carbocycles. The molecular formula is C17H27N3S. The minimum absolute atomic E-state index is 0.571. The van der Waals surface area contributed by atoms with Gasteiger partial charge >= 0.3 is 0 Å². The average Bonchev–Trinajstić information content (AvgIpc) is 3.04. The van der Waals surface area contributed by atoms with Crippen LogP contribution in [0, 0.1) is 0 Å². The van der Waals surface area contributed by atoms with Crippen LogP contribution in [0.3, 0.4) is 0 Å². The van der Waals surface area contributed by atoms with Gasteiger partial charge in [-0.2, -0.15) is 11.8 Å². The molecule has 1 aliphatic heterocycles. The molecule has 3 nitrogen and oxygen atoms in total. The quantitative estimate of drug-likeness (QED) is 0.626. The molecule has 0 bridgehead atoms. The van der Waals surface area contributed by atoms with Gasteiger partial charge in [0.25, 0.3) is 0 Å². The fraction of sp³-hybridized carbons (Fsp3) is 0.588. The fourth-order valence-electron chi connectivity index (χ4n) is 2.59. The van der Waals surface area contributed by atoms with Crippen LogP contribution >= 0.6 is 11.8 Å². The average molecular weight is 305 g/mol. The highest BCUT2D eigenvalue weighted by Gasteiger charge is 2.15. The van der Waals surface area contributed by atoms with Crippen LogP contribution in [0.1, 0.15) is 37.7 Å². The van der Waals surface area contributed by atoms with E-state index in [1.165, 1.54) is 24.2 Å². The summed E-state index contributed by atoms with van der Waals surface area (Å²) in [6.45, 7) is 4.26. The second-order valence-electron chi connectivity index (χ2n) is 5.62. The summed E-state index contributed by atoms with van der Waals surface area (Å²) in [5.74, 6) is 2.82. The molecule has 116 valence electrons. The third-order valence-electron chi connectivity index (χ3n) is 3.98. The summed E-state index contributed by atoms with van der Waals surface area (Å²) in [5, 5.41) is 7.62. The third kappa shape index (κ3) is 5.62. The van der Waals surface area contributed by atoms with E-state index in [0.717, 1.165) is 30.7 Å². The zero-order valence-electron chi connectivity index (χ0n) is 13.1. The molecule has 2 rings (SSSR count). The minimum Gasteiger partial charge on any atom is -0.356 e. The van der Waals surface area contributed by atoms with Crippen LogP contribution in [0.4, 0.5) is 0 Å². The molecular weight excluding hydrogens is 278 g/mol. The molecule has 0 spiro atoms. The first-order valence-corrected chi connectivity index (χ1v) is 8.95. The van der Waals surface area contributed by atoms with Gasteiger partial charge in [0.05, 0.1) is 0 Å². The lowest BCUT2D eigenvalue weighted by atomic mass is 9.98. The summed E-state index contributed by atoms with van der Waals surface area (Å²) < 4.78 is 0. The van der Waals surface area contributed by atoms with E-state index in [9.17, 15) is 0 Å². The molecule has 2 unspecified atom stereocenters. The van der Waals surface area contributed by atoms with Crippen LogP contribution in [0.15, 0.2) is 35.3 Å². The molecule has 1 aliphatic rings. The first kappa shape index (κ1) is 16.2. The van der Waals surface area contributed by atoms with Crippen LogP contribution in [-0.2, 0) is 0 Å². The van der Waals surface area contributed by atoms with Gasteiger partial charge in [-0.05, 0) is 36.5 Å². The van der Waals surface area contributed by atoms with Gasteiger partial charge in [-0.1, -0.05) is 37.3 Å². The van der Waals surface area contributed by atoms with E-state index < -0.39 is 0 Å². The van der Waals surface area contributed by atoms with Gasteiger partial charge in [0.1, 0.15) is 0 Å². The van der Waals surface area contributed by atoms with Crippen molar-refractivity contribution in [3.05, 3.63) is 35.9 Å².